The lowest BCUT2D eigenvalue weighted by molar-refractivity contribution is -0.0577. The Morgan fingerprint density at radius 2 is 2.05 bits per heavy atom. The van der Waals surface area contributed by atoms with Gasteiger partial charge in [0, 0.05) is 25.2 Å². The highest BCUT2D eigenvalue weighted by Gasteiger charge is 2.48. The number of rotatable bonds is 3. The highest BCUT2D eigenvalue weighted by molar-refractivity contribution is 5.72. The molecule has 0 spiro atoms. The van der Waals surface area contributed by atoms with E-state index < -0.39 is 0 Å². The summed E-state index contributed by atoms with van der Waals surface area (Å²) in [5.41, 5.74) is 0. The van der Waals surface area contributed by atoms with Gasteiger partial charge in [-0.15, -0.1) is 0 Å². The van der Waals surface area contributed by atoms with Gasteiger partial charge in [0.1, 0.15) is 0 Å². The van der Waals surface area contributed by atoms with Crippen LogP contribution in [0.4, 0.5) is 4.79 Å². The van der Waals surface area contributed by atoms with Gasteiger partial charge < -0.3 is 9.47 Å². The van der Waals surface area contributed by atoms with E-state index in [1.54, 1.807) is 19.2 Å². The van der Waals surface area contributed by atoms with Crippen LogP contribution in [-0.4, -0.2) is 59.2 Å². The van der Waals surface area contributed by atoms with Crippen LogP contribution in [0.1, 0.15) is 20.3 Å². The summed E-state index contributed by atoms with van der Waals surface area (Å²) in [5.74, 6) is 0.953. The van der Waals surface area contributed by atoms with Gasteiger partial charge in [0.05, 0.1) is 25.4 Å². The number of pyridine rings is 1. The minimum absolute atomic E-state index is 0.272. The predicted octanol–water partition coefficient (Wildman–Crippen LogP) is 1.76. The molecule has 2 unspecified atom stereocenters. The summed E-state index contributed by atoms with van der Waals surface area (Å²) in [7, 11) is 1.55. The standard InChI is InChI=1S/C15H21N3O3/c1-10(2)17-8-11-6-12(9-17)18(11)15(19)21-13-4-5-14(20-3)16-7-13/h4-5,7,10-12H,6,8-9H2,1-3H3. The molecule has 2 atom stereocenters. The second-order valence-corrected chi connectivity index (χ2v) is 5.90. The first-order valence-electron chi connectivity index (χ1n) is 7.32. The zero-order valence-electron chi connectivity index (χ0n) is 12.7. The first-order chi connectivity index (χ1) is 10.1. The summed E-state index contributed by atoms with van der Waals surface area (Å²) < 4.78 is 10.4. The van der Waals surface area contributed by atoms with E-state index in [-0.39, 0.29) is 18.2 Å². The summed E-state index contributed by atoms with van der Waals surface area (Å²) in [5, 5.41) is 0. The number of piperazine rings is 1. The number of amides is 1. The second-order valence-electron chi connectivity index (χ2n) is 5.90. The molecule has 6 nitrogen and oxygen atoms in total. The van der Waals surface area contributed by atoms with Crippen LogP contribution in [0.5, 0.6) is 11.6 Å². The third kappa shape index (κ3) is 2.68. The molecular formula is C15H21N3O3. The molecule has 3 rings (SSSR count). The van der Waals surface area contributed by atoms with Gasteiger partial charge in [-0.2, -0.15) is 0 Å². The van der Waals surface area contributed by atoms with Gasteiger partial charge >= 0.3 is 6.09 Å². The summed E-state index contributed by atoms with van der Waals surface area (Å²) in [6.07, 6.45) is 2.32. The van der Waals surface area contributed by atoms with Gasteiger partial charge in [0.2, 0.25) is 5.88 Å². The van der Waals surface area contributed by atoms with E-state index in [2.05, 4.69) is 23.7 Å². The largest absolute Gasteiger partial charge is 0.481 e. The molecule has 1 aromatic heterocycles. The molecule has 2 bridgehead atoms. The fourth-order valence-electron chi connectivity index (χ4n) is 3.06. The third-order valence-corrected chi connectivity index (χ3v) is 4.29. The molecule has 0 saturated carbocycles. The van der Waals surface area contributed by atoms with E-state index in [1.165, 1.54) is 6.20 Å². The number of hydrogen-bond acceptors (Lipinski definition) is 5. The number of carbonyl (C=O) groups is 1. The number of piperidine rings is 1. The van der Waals surface area contributed by atoms with Crippen LogP contribution in [0, 0.1) is 0 Å². The predicted molar refractivity (Wildman–Crippen MR) is 77.6 cm³/mol. The van der Waals surface area contributed by atoms with Gasteiger partial charge in [-0.05, 0) is 26.3 Å². The Bertz CT molecular complexity index is 505. The number of likely N-dealkylation sites (tertiary alicyclic amines) is 2. The number of hydrogen-bond donors (Lipinski definition) is 0. The van der Waals surface area contributed by atoms with E-state index in [1.807, 2.05) is 4.90 Å². The molecule has 2 saturated heterocycles. The number of methoxy groups -OCH3 is 1. The van der Waals surface area contributed by atoms with E-state index >= 15 is 0 Å². The van der Waals surface area contributed by atoms with Crippen molar-refractivity contribution in [3.63, 3.8) is 0 Å². The minimum atomic E-state index is -0.272. The maximum atomic E-state index is 12.3. The van der Waals surface area contributed by atoms with Crippen molar-refractivity contribution in [3.05, 3.63) is 18.3 Å². The lowest BCUT2D eigenvalue weighted by Gasteiger charge is -2.56. The van der Waals surface area contributed by atoms with Crippen molar-refractivity contribution in [2.45, 2.75) is 38.4 Å². The normalized spacial score (nSPS) is 24.7. The van der Waals surface area contributed by atoms with E-state index in [0.29, 0.717) is 17.7 Å². The zero-order valence-corrected chi connectivity index (χ0v) is 12.7. The molecule has 114 valence electrons. The lowest BCUT2D eigenvalue weighted by Crippen LogP contribution is -2.71. The second kappa shape index (κ2) is 5.52. The van der Waals surface area contributed by atoms with Crippen LogP contribution in [0.15, 0.2) is 18.3 Å². The Hall–Kier alpha value is -1.82. The minimum Gasteiger partial charge on any atom is -0.481 e. The fraction of sp³-hybridized carbons (Fsp3) is 0.600. The molecule has 6 heteroatoms. The van der Waals surface area contributed by atoms with Gasteiger partial charge in [0.25, 0.3) is 0 Å². The van der Waals surface area contributed by atoms with Crippen molar-refractivity contribution < 1.29 is 14.3 Å². The Kier molecular flexibility index (Phi) is 3.71. The molecular weight excluding hydrogens is 270 g/mol. The van der Waals surface area contributed by atoms with E-state index in [0.717, 1.165) is 19.5 Å². The molecule has 0 radical (unpaired) electrons. The molecule has 21 heavy (non-hydrogen) atoms. The van der Waals surface area contributed by atoms with Crippen LogP contribution < -0.4 is 9.47 Å². The van der Waals surface area contributed by atoms with Crippen LogP contribution in [0.2, 0.25) is 0 Å². The van der Waals surface area contributed by atoms with Gasteiger partial charge in [-0.3, -0.25) is 9.80 Å². The van der Waals surface area contributed by atoms with Crippen molar-refractivity contribution in [1.29, 1.82) is 0 Å². The molecule has 3 heterocycles. The quantitative estimate of drug-likeness (QED) is 0.849. The number of ether oxygens (including phenoxy) is 2. The monoisotopic (exact) mass is 291 g/mol. The highest BCUT2D eigenvalue weighted by atomic mass is 16.6. The van der Waals surface area contributed by atoms with Crippen molar-refractivity contribution >= 4 is 6.09 Å². The first kappa shape index (κ1) is 14.1. The molecule has 2 aliphatic rings. The van der Waals surface area contributed by atoms with Gasteiger partial charge in [-0.1, -0.05) is 0 Å². The SMILES string of the molecule is COc1ccc(OC(=O)N2C3CC2CN(C(C)C)C3)cn1. The topological polar surface area (TPSA) is 54.9 Å². The van der Waals surface area contributed by atoms with E-state index in [4.69, 9.17) is 9.47 Å². The van der Waals surface area contributed by atoms with Crippen molar-refractivity contribution in [1.82, 2.24) is 14.8 Å². The van der Waals surface area contributed by atoms with Crippen molar-refractivity contribution in [3.8, 4) is 11.6 Å². The molecule has 0 aromatic carbocycles. The Morgan fingerprint density at radius 1 is 1.33 bits per heavy atom. The fourth-order valence-corrected chi connectivity index (χ4v) is 3.06. The number of aromatic nitrogens is 1. The number of carbonyl (C=O) groups excluding carboxylic acids is 1. The zero-order chi connectivity index (χ0) is 15.0. The number of fused-ring (bicyclic) bond motifs is 2. The molecule has 2 aliphatic heterocycles. The Balaban J connectivity index is 1.59. The van der Waals surface area contributed by atoms with Crippen LogP contribution in [-0.2, 0) is 0 Å². The molecule has 1 aromatic rings. The smallest absolute Gasteiger partial charge is 0.415 e. The third-order valence-electron chi connectivity index (χ3n) is 4.29. The maximum absolute atomic E-state index is 12.3. The highest BCUT2D eigenvalue weighted by Crippen LogP contribution is 2.33. The summed E-state index contributed by atoms with van der Waals surface area (Å²) in [6, 6.07) is 4.47. The summed E-state index contributed by atoms with van der Waals surface area (Å²) in [6.45, 7) is 6.25. The Morgan fingerprint density at radius 3 is 2.57 bits per heavy atom. The molecule has 2 fully saturated rings. The van der Waals surface area contributed by atoms with Gasteiger partial charge in [-0.25, -0.2) is 9.78 Å². The summed E-state index contributed by atoms with van der Waals surface area (Å²) in [4.78, 5) is 20.6. The molecule has 0 aliphatic carbocycles. The first-order valence-corrected chi connectivity index (χ1v) is 7.32. The van der Waals surface area contributed by atoms with Crippen LogP contribution in [0.25, 0.3) is 0 Å². The average molecular weight is 291 g/mol. The summed E-state index contributed by atoms with van der Waals surface area (Å²) >= 11 is 0. The van der Waals surface area contributed by atoms with E-state index in [9.17, 15) is 4.79 Å². The van der Waals surface area contributed by atoms with Gasteiger partial charge in [0.15, 0.2) is 5.75 Å². The lowest BCUT2D eigenvalue weighted by atomic mass is 9.87. The molecule has 0 N–H and O–H groups in total. The Labute approximate surface area is 124 Å². The van der Waals surface area contributed by atoms with Crippen LogP contribution >= 0.6 is 0 Å². The average Bonchev–Trinajstić information content (AvgIpc) is 2.48. The van der Waals surface area contributed by atoms with Crippen molar-refractivity contribution in [2.24, 2.45) is 0 Å². The number of nitrogens with zero attached hydrogens (tertiary/aromatic N) is 3. The van der Waals surface area contributed by atoms with Crippen molar-refractivity contribution in [2.75, 3.05) is 20.2 Å². The molecule has 1 amide bonds. The van der Waals surface area contributed by atoms with Crippen LogP contribution in [0.3, 0.4) is 0 Å². The maximum Gasteiger partial charge on any atom is 0.415 e.